The van der Waals surface area contributed by atoms with Gasteiger partial charge in [0.2, 0.25) is 0 Å². The topological polar surface area (TPSA) is 38.3 Å². The van der Waals surface area contributed by atoms with E-state index in [1.165, 1.54) is 0 Å². The molecule has 0 aromatic carbocycles. The van der Waals surface area contributed by atoms with Gasteiger partial charge in [0.15, 0.2) is 0 Å². The number of carbonyl (C=O) groups is 1. The highest BCUT2D eigenvalue weighted by Crippen LogP contribution is 1.87. The lowest BCUT2D eigenvalue weighted by molar-refractivity contribution is 0.122. The lowest BCUT2D eigenvalue weighted by atomic mass is 10.5. The zero-order valence-corrected chi connectivity index (χ0v) is 5.74. The van der Waals surface area contributed by atoms with Crippen LogP contribution in [-0.4, -0.2) is 12.2 Å². The normalized spacial score (nSPS) is 9.00. The molecule has 3 nitrogen and oxygen atoms in total. The molecule has 0 aliphatic rings. The molecule has 48 valence electrons. The number of hydrogen-bond donors (Lipinski definition) is 2. The first-order chi connectivity index (χ1) is 3.66. The summed E-state index contributed by atoms with van der Waals surface area (Å²) >= 11 is 3.47. The van der Waals surface area contributed by atoms with Crippen LogP contribution in [0.1, 0.15) is 13.8 Å². The first-order valence-electron chi connectivity index (χ1n) is 2.27. The van der Waals surface area contributed by atoms with Crippen LogP contribution in [0, 0.1) is 0 Å². The summed E-state index contributed by atoms with van der Waals surface area (Å²) in [7, 11) is 0. The lowest BCUT2D eigenvalue weighted by Crippen LogP contribution is -2.18. The largest absolute Gasteiger partial charge is 0.446 e. The Morgan fingerprint density at radius 2 is 2.25 bits per heavy atom. The standard InChI is InChI=1S/C4H9NO2S/c1-3(2)7-4(6)5-8/h3,8H,1-2H3,(H,5,6). The van der Waals surface area contributed by atoms with E-state index in [4.69, 9.17) is 0 Å². The molecule has 0 aliphatic heterocycles. The zero-order chi connectivity index (χ0) is 6.57. The van der Waals surface area contributed by atoms with Gasteiger partial charge in [0.25, 0.3) is 0 Å². The molecule has 1 N–H and O–H groups in total. The average molecular weight is 135 g/mol. The van der Waals surface area contributed by atoms with Crippen LogP contribution in [0.4, 0.5) is 4.79 Å². The molecule has 0 aromatic rings. The second-order valence-electron chi connectivity index (χ2n) is 1.57. The van der Waals surface area contributed by atoms with Crippen LogP contribution in [-0.2, 0) is 4.74 Å². The molecule has 4 heteroatoms. The second-order valence-corrected chi connectivity index (χ2v) is 1.79. The van der Waals surface area contributed by atoms with Gasteiger partial charge in [-0.3, -0.25) is 4.72 Å². The summed E-state index contributed by atoms with van der Waals surface area (Å²) in [6, 6.07) is 0. The van der Waals surface area contributed by atoms with Crippen molar-refractivity contribution in [2.24, 2.45) is 0 Å². The minimum Gasteiger partial charge on any atom is -0.446 e. The maximum Gasteiger partial charge on any atom is 0.417 e. The van der Waals surface area contributed by atoms with Crippen LogP contribution in [0.15, 0.2) is 0 Å². The summed E-state index contributed by atoms with van der Waals surface area (Å²) in [6.07, 6.45) is -0.592. The summed E-state index contributed by atoms with van der Waals surface area (Å²) in [5.74, 6) is 0. The van der Waals surface area contributed by atoms with E-state index in [0.717, 1.165) is 0 Å². The molecule has 0 radical (unpaired) electrons. The Balaban J connectivity index is 3.25. The molecular weight excluding hydrogens is 126 g/mol. The average Bonchev–Trinajstić information content (AvgIpc) is 1.65. The quantitative estimate of drug-likeness (QED) is 0.526. The Morgan fingerprint density at radius 3 is 2.38 bits per heavy atom. The number of carbonyl (C=O) groups excluding carboxylic acids is 1. The van der Waals surface area contributed by atoms with Crippen LogP contribution >= 0.6 is 12.8 Å². The van der Waals surface area contributed by atoms with Crippen LogP contribution in [0.2, 0.25) is 0 Å². The van der Waals surface area contributed by atoms with E-state index in [0.29, 0.717) is 0 Å². The van der Waals surface area contributed by atoms with Gasteiger partial charge in [0, 0.05) is 0 Å². The van der Waals surface area contributed by atoms with Crippen molar-refractivity contribution in [2.45, 2.75) is 20.0 Å². The summed E-state index contributed by atoms with van der Waals surface area (Å²) in [5, 5.41) is 0. The summed E-state index contributed by atoms with van der Waals surface area (Å²) in [4.78, 5) is 10.2. The maximum atomic E-state index is 10.2. The Hall–Kier alpha value is -0.380. The van der Waals surface area contributed by atoms with E-state index in [2.05, 4.69) is 17.6 Å². The molecule has 0 aromatic heterocycles. The number of nitrogens with one attached hydrogen (secondary N) is 1. The highest BCUT2D eigenvalue weighted by atomic mass is 32.1. The molecule has 0 rings (SSSR count). The molecular formula is C4H9NO2S. The third-order valence-electron chi connectivity index (χ3n) is 0.434. The summed E-state index contributed by atoms with van der Waals surface area (Å²) in [5.41, 5.74) is 0. The van der Waals surface area contributed by atoms with Gasteiger partial charge < -0.3 is 4.74 Å². The van der Waals surface area contributed by atoms with Crippen molar-refractivity contribution in [3.8, 4) is 0 Å². The molecule has 0 spiro atoms. The Morgan fingerprint density at radius 1 is 1.75 bits per heavy atom. The van der Waals surface area contributed by atoms with Crippen molar-refractivity contribution in [1.29, 1.82) is 0 Å². The van der Waals surface area contributed by atoms with Crippen molar-refractivity contribution in [3.05, 3.63) is 0 Å². The van der Waals surface area contributed by atoms with E-state index in [-0.39, 0.29) is 6.10 Å². The Bertz CT molecular complexity index is 84.1. The third-order valence-corrected chi connectivity index (χ3v) is 0.617. The minimum absolute atomic E-state index is 0.0813. The fraction of sp³-hybridized carbons (Fsp3) is 0.750. The first kappa shape index (κ1) is 7.62. The number of rotatable bonds is 1. The molecule has 0 heterocycles. The van der Waals surface area contributed by atoms with Crippen molar-refractivity contribution >= 4 is 18.9 Å². The number of ether oxygens (including phenoxy) is 1. The van der Waals surface area contributed by atoms with Crippen LogP contribution < -0.4 is 4.72 Å². The summed E-state index contributed by atoms with van der Waals surface area (Å²) in [6.45, 7) is 3.53. The molecule has 0 atom stereocenters. The predicted molar refractivity (Wildman–Crippen MR) is 33.7 cm³/mol. The SMILES string of the molecule is CC(C)OC(=O)NS. The van der Waals surface area contributed by atoms with Crippen LogP contribution in [0.3, 0.4) is 0 Å². The highest BCUT2D eigenvalue weighted by Gasteiger charge is 1.98. The van der Waals surface area contributed by atoms with Gasteiger partial charge in [0.05, 0.1) is 6.10 Å². The summed E-state index contributed by atoms with van der Waals surface area (Å²) < 4.78 is 6.60. The minimum atomic E-state index is -0.511. The van der Waals surface area contributed by atoms with Crippen LogP contribution in [0.5, 0.6) is 0 Å². The van der Waals surface area contributed by atoms with Crippen molar-refractivity contribution in [2.75, 3.05) is 0 Å². The zero-order valence-electron chi connectivity index (χ0n) is 4.84. The van der Waals surface area contributed by atoms with Gasteiger partial charge in [-0.1, -0.05) is 12.8 Å². The predicted octanol–water partition coefficient (Wildman–Crippen LogP) is 0.966. The van der Waals surface area contributed by atoms with Crippen molar-refractivity contribution in [1.82, 2.24) is 4.72 Å². The smallest absolute Gasteiger partial charge is 0.417 e. The molecule has 0 fully saturated rings. The van der Waals surface area contributed by atoms with E-state index < -0.39 is 6.09 Å². The van der Waals surface area contributed by atoms with E-state index in [9.17, 15) is 4.79 Å². The van der Waals surface area contributed by atoms with Gasteiger partial charge in [-0.25, -0.2) is 4.79 Å². The van der Waals surface area contributed by atoms with Crippen molar-refractivity contribution in [3.63, 3.8) is 0 Å². The molecule has 0 saturated carbocycles. The highest BCUT2D eigenvalue weighted by molar-refractivity contribution is 7.78. The van der Waals surface area contributed by atoms with E-state index in [1.807, 2.05) is 4.72 Å². The van der Waals surface area contributed by atoms with Gasteiger partial charge >= 0.3 is 6.09 Å². The third kappa shape index (κ3) is 3.80. The Kier molecular flexibility index (Phi) is 3.43. The van der Waals surface area contributed by atoms with Crippen LogP contribution in [0.25, 0.3) is 0 Å². The molecule has 8 heavy (non-hydrogen) atoms. The molecule has 1 amide bonds. The molecule has 0 saturated heterocycles. The number of hydrogen-bond acceptors (Lipinski definition) is 3. The number of thiol groups is 1. The monoisotopic (exact) mass is 135 g/mol. The van der Waals surface area contributed by atoms with Gasteiger partial charge in [-0.05, 0) is 13.8 Å². The fourth-order valence-corrected chi connectivity index (χ4v) is 0.293. The molecule has 0 aliphatic carbocycles. The van der Waals surface area contributed by atoms with Crippen molar-refractivity contribution < 1.29 is 9.53 Å². The molecule has 0 bridgehead atoms. The van der Waals surface area contributed by atoms with E-state index in [1.54, 1.807) is 13.8 Å². The van der Waals surface area contributed by atoms with Gasteiger partial charge in [-0.15, -0.1) is 0 Å². The van der Waals surface area contributed by atoms with Gasteiger partial charge in [0.1, 0.15) is 0 Å². The van der Waals surface area contributed by atoms with Gasteiger partial charge in [-0.2, -0.15) is 0 Å². The first-order valence-corrected chi connectivity index (χ1v) is 2.72. The fourth-order valence-electron chi connectivity index (χ4n) is 0.240. The lowest BCUT2D eigenvalue weighted by Gasteiger charge is -2.04. The molecule has 0 unspecified atom stereocenters. The Labute approximate surface area is 53.9 Å². The number of amides is 1. The van der Waals surface area contributed by atoms with E-state index >= 15 is 0 Å². The maximum absolute atomic E-state index is 10.2. The second kappa shape index (κ2) is 3.60.